The molecule has 4 aromatic carbocycles. The maximum Gasteiger partial charge on any atom is 0.262 e. The van der Waals surface area contributed by atoms with Crippen LogP contribution in [0.5, 0.6) is 0 Å². The van der Waals surface area contributed by atoms with Gasteiger partial charge in [-0.1, -0.05) is 24.3 Å². The Bertz CT molecular complexity index is 2020. The van der Waals surface area contributed by atoms with Crippen LogP contribution in [-0.4, -0.2) is 61.2 Å². The number of nitrogens with zero attached hydrogens (tertiary/aromatic N) is 3. The fourth-order valence-corrected chi connectivity index (χ4v) is 6.62. The lowest BCUT2D eigenvalue weighted by molar-refractivity contribution is 0.0535. The number of para-hydroxylation sites is 1. The second kappa shape index (κ2) is 12.0. The zero-order valence-electron chi connectivity index (χ0n) is 23.8. The van der Waals surface area contributed by atoms with Crippen molar-refractivity contribution in [1.29, 1.82) is 0 Å². The number of sulfonamides is 1. The van der Waals surface area contributed by atoms with Crippen molar-refractivity contribution in [1.82, 2.24) is 14.8 Å². The Kier molecular flexibility index (Phi) is 7.90. The van der Waals surface area contributed by atoms with Crippen LogP contribution in [0.25, 0.3) is 22.0 Å². The first-order valence-electron chi connectivity index (χ1n) is 14.0. The first-order chi connectivity index (χ1) is 21.6. The van der Waals surface area contributed by atoms with E-state index in [9.17, 15) is 26.8 Å². The first-order valence-corrected chi connectivity index (χ1v) is 15.5. The van der Waals surface area contributed by atoms with Gasteiger partial charge in [-0.2, -0.15) is 0 Å². The number of nitrogens with one attached hydrogen (secondary N) is 1. The molecule has 1 fully saturated rings. The lowest BCUT2D eigenvalue weighted by atomic mass is 10.0. The van der Waals surface area contributed by atoms with Crippen LogP contribution >= 0.6 is 0 Å². The summed E-state index contributed by atoms with van der Waals surface area (Å²) >= 11 is 0. The minimum Gasteiger partial charge on any atom is -0.399 e. The zero-order valence-corrected chi connectivity index (χ0v) is 24.6. The van der Waals surface area contributed by atoms with Gasteiger partial charge in [-0.3, -0.25) is 19.3 Å². The van der Waals surface area contributed by atoms with Crippen molar-refractivity contribution >= 4 is 44.1 Å². The van der Waals surface area contributed by atoms with Crippen molar-refractivity contribution in [2.75, 3.05) is 36.6 Å². The summed E-state index contributed by atoms with van der Waals surface area (Å²) in [5.41, 5.74) is 8.60. The summed E-state index contributed by atoms with van der Waals surface area (Å²) < 4.78 is 56.9. The summed E-state index contributed by atoms with van der Waals surface area (Å²) in [6.07, 6.45) is 1.64. The highest BCUT2D eigenvalue weighted by Gasteiger charge is 2.27. The van der Waals surface area contributed by atoms with E-state index >= 15 is 0 Å². The molecule has 0 atom stereocenters. The third-order valence-electron chi connectivity index (χ3n) is 7.56. The maximum absolute atomic E-state index is 13.6. The van der Waals surface area contributed by atoms with Gasteiger partial charge in [-0.05, 0) is 60.7 Å². The molecule has 1 aliphatic heterocycles. The van der Waals surface area contributed by atoms with Crippen LogP contribution in [0.3, 0.4) is 0 Å². The molecule has 0 saturated carbocycles. The molecular weight excluding hydrogens is 600 g/mol. The Morgan fingerprint density at radius 1 is 0.733 bits per heavy atom. The average Bonchev–Trinajstić information content (AvgIpc) is 3.03. The van der Waals surface area contributed by atoms with E-state index in [1.54, 1.807) is 29.3 Å². The molecule has 0 bridgehead atoms. The predicted molar refractivity (Wildman–Crippen MR) is 167 cm³/mol. The number of benzene rings is 4. The molecule has 0 aliphatic carbocycles. The smallest absolute Gasteiger partial charge is 0.262 e. The Morgan fingerprint density at radius 2 is 1.36 bits per heavy atom. The third-order valence-corrected chi connectivity index (χ3v) is 9.00. The molecule has 9 nitrogen and oxygen atoms in total. The van der Waals surface area contributed by atoms with Crippen LogP contribution in [0, 0.1) is 11.6 Å². The minimum atomic E-state index is -4.09. The number of halogens is 2. The third kappa shape index (κ3) is 6.18. The van der Waals surface area contributed by atoms with Crippen molar-refractivity contribution in [3.8, 4) is 11.1 Å². The number of piperazine rings is 1. The summed E-state index contributed by atoms with van der Waals surface area (Å²) in [4.78, 5) is 33.3. The van der Waals surface area contributed by atoms with Crippen LogP contribution < -0.4 is 10.5 Å². The average molecular weight is 628 g/mol. The summed E-state index contributed by atoms with van der Waals surface area (Å²) in [5, 5.41) is 0.851. The molecule has 5 aromatic rings. The highest BCUT2D eigenvalue weighted by atomic mass is 32.2. The number of carbonyl (C=O) groups is 2. The van der Waals surface area contributed by atoms with Crippen LogP contribution in [-0.2, 0) is 10.0 Å². The number of hydrogen-bond acceptors (Lipinski definition) is 6. The van der Waals surface area contributed by atoms with Gasteiger partial charge in [0.05, 0.1) is 10.4 Å². The molecule has 1 saturated heterocycles. The number of hydrogen-bond donors (Lipinski definition) is 2. The summed E-state index contributed by atoms with van der Waals surface area (Å²) in [5.74, 6) is -2.49. The molecule has 6 rings (SSSR count). The van der Waals surface area contributed by atoms with Gasteiger partial charge in [-0.15, -0.1) is 0 Å². The standard InChI is InChI=1S/C33H27F2N5O4S/c34-24-17-23(18-25(35)19-24)33(42)40-15-13-39(14-16-40)32(41)22-6-9-27(10-7-22)38-45(43,44)30-11-8-26(36)20-29(30)28-5-1-3-21-4-2-12-37-31(21)28/h1-12,17-20,38H,13-16,36H2. The van der Waals surface area contributed by atoms with Crippen LogP contribution in [0.15, 0.2) is 102 Å². The Hall–Kier alpha value is -5.36. The molecule has 12 heteroatoms. The quantitative estimate of drug-likeness (QED) is 0.251. The molecule has 228 valence electrons. The van der Waals surface area contributed by atoms with Crippen LogP contribution in [0.1, 0.15) is 20.7 Å². The van der Waals surface area contributed by atoms with Crippen molar-refractivity contribution in [2.45, 2.75) is 4.90 Å². The molecule has 2 heterocycles. The Balaban J connectivity index is 1.15. The van der Waals surface area contributed by atoms with E-state index in [1.165, 1.54) is 41.3 Å². The molecule has 1 aliphatic rings. The van der Waals surface area contributed by atoms with Gasteiger partial charge in [0.25, 0.3) is 21.8 Å². The number of nitrogens with two attached hydrogens (primary N) is 1. The summed E-state index contributed by atoms with van der Waals surface area (Å²) in [7, 11) is -4.09. The van der Waals surface area contributed by atoms with Crippen LogP contribution in [0.4, 0.5) is 20.2 Å². The monoisotopic (exact) mass is 627 g/mol. The van der Waals surface area contributed by atoms with Crippen LogP contribution in [0.2, 0.25) is 0 Å². The topological polar surface area (TPSA) is 126 Å². The number of nitrogen functional groups attached to an aromatic ring is 1. The van der Waals surface area contributed by atoms with Crippen molar-refractivity contribution in [3.05, 3.63) is 120 Å². The summed E-state index contributed by atoms with van der Waals surface area (Å²) in [6.45, 7) is 0.826. The Labute approximate surface area is 258 Å². The van der Waals surface area contributed by atoms with Gasteiger partial charge < -0.3 is 15.5 Å². The number of anilines is 2. The zero-order chi connectivity index (χ0) is 31.7. The normalized spacial score (nSPS) is 13.6. The highest BCUT2D eigenvalue weighted by molar-refractivity contribution is 7.92. The fraction of sp³-hybridized carbons (Fsp3) is 0.121. The van der Waals surface area contributed by atoms with Crippen molar-refractivity contribution in [2.24, 2.45) is 0 Å². The van der Waals surface area contributed by atoms with E-state index in [0.29, 0.717) is 34.0 Å². The number of amides is 2. The number of fused-ring (bicyclic) bond motifs is 1. The second-order valence-electron chi connectivity index (χ2n) is 10.6. The number of pyridine rings is 1. The largest absolute Gasteiger partial charge is 0.399 e. The van der Waals surface area contributed by atoms with Crippen molar-refractivity contribution in [3.63, 3.8) is 0 Å². The lowest BCUT2D eigenvalue weighted by Crippen LogP contribution is -2.50. The molecule has 1 aromatic heterocycles. The van der Waals surface area contributed by atoms with Crippen molar-refractivity contribution < 1.29 is 26.8 Å². The molecule has 45 heavy (non-hydrogen) atoms. The van der Waals surface area contributed by atoms with Gasteiger partial charge in [-0.25, -0.2) is 17.2 Å². The molecule has 2 amide bonds. The molecule has 0 spiro atoms. The first kappa shape index (κ1) is 29.7. The maximum atomic E-state index is 13.6. The predicted octanol–water partition coefficient (Wildman–Crippen LogP) is 5.16. The Morgan fingerprint density at radius 3 is 2.02 bits per heavy atom. The van der Waals surface area contributed by atoms with Gasteiger partial charge in [0.1, 0.15) is 11.6 Å². The highest BCUT2D eigenvalue weighted by Crippen LogP contribution is 2.34. The van der Waals surface area contributed by atoms with E-state index in [4.69, 9.17) is 5.73 Å². The number of aromatic nitrogens is 1. The van der Waals surface area contributed by atoms with E-state index < -0.39 is 27.6 Å². The molecule has 0 radical (unpaired) electrons. The SMILES string of the molecule is Nc1ccc(S(=O)(=O)Nc2ccc(C(=O)N3CCN(C(=O)c4cc(F)cc(F)c4)CC3)cc2)c(-c2cccc3cccnc23)c1. The lowest BCUT2D eigenvalue weighted by Gasteiger charge is -2.35. The van der Waals surface area contributed by atoms with Gasteiger partial charge in [0, 0.05) is 77.5 Å². The molecule has 3 N–H and O–H groups in total. The van der Waals surface area contributed by atoms with E-state index in [1.807, 2.05) is 18.2 Å². The van der Waals surface area contributed by atoms with E-state index in [2.05, 4.69) is 9.71 Å². The van der Waals surface area contributed by atoms with Gasteiger partial charge >= 0.3 is 0 Å². The molecule has 0 unspecified atom stereocenters. The van der Waals surface area contributed by atoms with E-state index in [-0.39, 0.29) is 48.2 Å². The van der Waals surface area contributed by atoms with E-state index in [0.717, 1.165) is 17.5 Å². The minimum absolute atomic E-state index is 0.0170. The van der Waals surface area contributed by atoms with Gasteiger partial charge in [0.2, 0.25) is 0 Å². The number of rotatable bonds is 6. The van der Waals surface area contributed by atoms with Gasteiger partial charge in [0.15, 0.2) is 0 Å². The fourth-order valence-electron chi connectivity index (χ4n) is 5.36. The summed E-state index contributed by atoms with van der Waals surface area (Å²) in [6, 6.07) is 22.5. The second-order valence-corrected chi connectivity index (χ2v) is 12.2. The number of carbonyl (C=O) groups excluding carboxylic acids is 2. The molecular formula is C33H27F2N5O4S.